The van der Waals surface area contributed by atoms with Crippen molar-refractivity contribution >= 4 is 10.9 Å². The summed E-state index contributed by atoms with van der Waals surface area (Å²) < 4.78 is 15.1. The van der Waals surface area contributed by atoms with Gasteiger partial charge < -0.3 is 9.67 Å². The van der Waals surface area contributed by atoms with Crippen molar-refractivity contribution in [3.8, 4) is 0 Å². The molecule has 0 unspecified atom stereocenters. The van der Waals surface area contributed by atoms with Crippen molar-refractivity contribution in [3.05, 3.63) is 35.8 Å². The van der Waals surface area contributed by atoms with E-state index >= 15 is 0 Å². The van der Waals surface area contributed by atoms with Crippen LogP contribution in [-0.4, -0.2) is 9.67 Å². The minimum Gasteiger partial charge on any atom is -0.392 e. The van der Waals surface area contributed by atoms with E-state index in [1.807, 2.05) is 24.6 Å². The normalized spacial score (nSPS) is 11.5. The first-order valence-corrected chi connectivity index (χ1v) is 5.03. The van der Waals surface area contributed by atoms with Crippen molar-refractivity contribution in [2.45, 2.75) is 26.5 Å². The molecule has 15 heavy (non-hydrogen) atoms. The largest absolute Gasteiger partial charge is 0.392 e. The van der Waals surface area contributed by atoms with Gasteiger partial charge in [0.2, 0.25) is 0 Å². The van der Waals surface area contributed by atoms with E-state index in [-0.39, 0.29) is 18.5 Å². The second-order valence-corrected chi connectivity index (χ2v) is 3.97. The van der Waals surface area contributed by atoms with Crippen molar-refractivity contribution in [1.82, 2.24) is 4.57 Å². The molecule has 2 aromatic rings. The fraction of sp³-hybridized carbons (Fsp3) is 0.333. The van der Waals surface area contributed by atoms with Gasteiger partial charge in [-0.05, 0) is 32.0 Å². The number of hydrogen-bond acceptors (Lipinski definition) is 1. The second-order valence-electron chi connectivity index (χ2n) is 3.97. The maximum Gasteiger partial charge on any atom is 0.125 e. The maximum absolute atomic E-state index is 13.1. The van der Waals surface area contributed by atoms with Crippen molar-refractivity contribution in [2.75, 3.05) is 0 Å². The van der Waals surface area contributed by atoms with E-state index in [1.165, 1.54) is 12.1 Å². The van der Waals surface area contributed by atoms with Crippen LogP contribution in [0.15, 0.2) is 24.4 Å². The van der Waals surface area contributed by atoms with Gasteiger partial charge in [0, 0.05) is 23.2 Å². The van der Waals surface area contributed by atoms with Crippen LogP contribution in [0.1, 0.15) is 25.5 Å². The van der Waals surface area contributed by atoms with Gasteiger partial charge in [0.25, 0.3) is 0 Å². The molecule has 0 aliphatic carbocycles. The van der Waals surface area contributed by atoms with Crippen LogP contribution in [0, 0.1) is 5.82 Å². The molecule has 0 saturated carbocycles. The smallest absolute Gasteiger partial charge is 0.125 e. The monoisotopic (exact) mass is 207 g/mol. The molecule has 1 N–H and O–H groups in total. The maximum atomic E-state index is 13.1. The van der Waals surface area contributed by atoms with Crippen LogP contribution in [-0.2, 0) is 6.61 Å². The summed E-state index contributed by atoms with van der Waals surface area (Å²) in [5, 5.41) is 10.1. The van der Waals surface area contributed by atoms with Gasteiger partial charge in [-0.1, -0.05) is 0 Å². The average molecular weight is 207 g/mol. The zero-order valence-corrected chi connectivity index (χ0v) is 8.87. The number of aromatic nitrogens is 1. The fourth-order valence-electron chi connectivity index (χ4n) is 1.85. The quantitative estimate of drug-likeness (QED) is 0.804. The lowest BCUT2D eigenvalue weighted by Crippen LogP contribution is -1.98. The summed E-state index contributed by atoms with van der Waals surface area (Å²) in [7, 11) is 0. The predicted molar refractivity (Wildman–Crippen MR) is 58.2 cm³/mol. The molecule has 0 fully saturated rings. The zero-order chi connectivity index (χ0) is 11.0. The van der Waals surface area contributed by atoms with Crippen LogP contribution in [0.3, 0.4) is 0 Å². The Balaban J connectivity index is 2.76. The third-order valence-corrected chi connectivity index (χ3v) is 2.61. The molecular weight excluding hydrogens is 193 g/mol. The number of aliphatic hydroxyl groups excluding tert-OH is 1. The highest BCUT2D eigenvalue weighted by atomic mass is 19.1. The van der Waals surface area contributed by atoms with Gasteiger partial charge in [-0.25, -0.2) is 4.39 Å². The molecule has 1 aromatic heterocycles. The Morgan fingerprint density at radius 1 is 1.40 bits per heavy atom. The van der Waals surface area contributed by atoms with Crippen molar-refractivity contribution in [3.63, 3.8) is 0 Å². The number of hydrogen-bond donors (Lipinski definition) is 1. The Hall–Kier alpha value is -1.35. The highest BCUT2D eigenvalue weighted by molar-refractivity contribution is 5.84. The SMILES string of the molecule is CC(C)n1cc(CO)c2ccc(F)cc21. The van der Waals surface area contributed by atoms with E-state index in [4.69, 9.17) is 0 Å². The Kier molecular flexibility index (Phi) is 2.49. The third-order valence-electron chi connectivity index (χ3n) is 2.61. The lowest BCUT2D eigenvalue weighted by atomic mass is 10.2. The molecule has 1 heterocycles. The molecule has 0 amide bonds. The van der Waals surface area contributed by atoms with Crippen molar-refractivity contribution in [1.29, 1.82) is 0 Å². The van der Waals surface area contributed by atoms with Crippen molar-refractivity contribution < 1.29 is 9.50 Å². The summed E-state index contributed by atoms with van der Waals surface area (Å²) in [5.74, 6) is -0.244. The zero-order valence-electron chi connectivity index (χ0n) is 8.87. The number of benzene rings is 1. The van der Waals surface area contributed by atoms with E-state index < -0.39 is 0 Å². The number of aliphatic hydroxyl groups is 1. The molecule has 0 spiro atoms. The molecule has 0 bridgehead atoms. The number of halogens is 1. The van der Waals surface area contributed by atoms with Gasteiger partial charge >= 0.3 is 0 Å². The average Bonchev–Trinajstić information content (AvgIpc) is 2.55. The van der Waals surface area contributed by atoms with Crippen LogP contribution in [0.5, 0.6) is 0 Å². The van der Waals surface area contributed by atoms with Gasteiger partial charge in [0.15, 0.2) is 0 Å². The summed E-state index contributed by atoms with van der Waals surface area (Å²) in [6.07, 6.45) is 1.88. The first-order valence-electron chi connectivity index (χ1n) is 5.03. The molecule has 1 aromatic carbocycles. The molecule has 3 heteroatoms. The molecule has 0 aliphatic heterocycles. The second kappa shape index (κ2) is 3.66. The minimum atomic E-state index is -0.244. The van der Waals surface area contributed by atoms with Crippen molar-refractivity contribution in [2.24, 2.45) is 0 Å². The van der Waals surface area contributed by atoms with Gasteiger partial charge in [0.1, 0.15) is 5.82 Å². The molecule has 0 saturated heterocycles. The highest BCUT2D eigenvalue weighted by Crippen LogP contribution is 2.25. The van der Waals surface area contributed by atoms with Crippen LogP contribution in [0.25, 0.3) is 10.9 Å². The van der Waals surface area contributed by atoms with Crippen LogP contribution < -0.4 is 0 Å². The molecule has 0 radical (unpaired) electrons. The number of rotatable bonds is 2. The molecule has 2 rings (SSSR count). The summed E-state index contributed by atoms with van der Waals surface area (Å²) in [6.45, 7) is 4.05. The Morgan fingerprint density at radius 2 is 2.13 bits per heavy atom. The van der Waals surface area contributed by atoms with Gasteiger partial charge in [0.05, 0.1) is 12.1 Å². The van der Waals surface area contributed by atoms with Crippen LogP contribution in [0.2, 0.25) is 0 Å². The lowest BCUT2D eigenvalue weighted by Gasteiger charge is -2.08. The summed E-state index contributed by atoms with van der Waals surface area (Å²) >= 11 is 0. The number of fused-ring (bicyclic) bond motifs is 1. The Bertz CT molecular complexity index is 488. The lowest BCUT2D eigenvalue weighted by molar-refractivity contribution is 0.283. The third kappa shape index (κ3) is 1.63. The molecule has 0 aliphatic rings. The standard InChI is InChI=1S/C12H14FNO/c1-8(2)14-6-9(7-15)11-4-3-10(13)5-12(11)14/h3-6,8,15H,7H2,1-2H3. The predicted octanol–water partition coefficient (Wildman–Crippen LogP) is 2.85. The molecule has 0 atom stereocenters. The van der Waals surface area contributed by atoms with Crippen LogP contribution in [0.4, 0.5) is 4.39 Å². The Labute approximate surface area is 88.0 Å². The summed E-state index contributed by atoms with van der Waals surface area (Å²) in [6, 6.07) is 4.91. The minimum absolute atomic E-state index is 0.0121. The molecule has 2 nitrogen and oxygen atoms in total. The van der Waals surface area contributed by atoms with Gasteiger partial charge in [-0.2, -0.15) is 0 Å². The van der Waals surface area contributed by atoms with E-state index in [2.05, 4.69) is 0 Å². The summed E-state index contributed by atoms with van der Waals surface area (Å²) in [4.78, 5) is 0. The van der Waals surface area contributed by atoms with E-state index in [9.17, 15) is 9.50 Å². The Morgan fingerprint density at radius 3 is 2.73 bits per heavy atom. The van der Waals surface area contributed by atoms with Crippen LogP contribution >= 0.6 is 0 Å². The van der Waals surface area contributed by atoms with E-state index in [0.717, 1.165) is 16.5 Å². The topological polar surface area (TPSA) is 25.2 Å². The van der Waals surface area contributed by atoms with E-state index in [0.29, 0.717) is 0 Å². The fourth-order valence-corrected chi connectivity index (χ4v) is 1.85. The highest BCUT2D eigenvalue weighted by Gasteiger charge is 2.10. The van der Waals surface area contributed by atoms with Gasteiger partial charge in [-0.3, -0.25) is 0 Å². The summed E-state index contributed by atoms with van der Waals surface area (Å²) in [5.41, 5.74) is 1.69. The molecular formula is C12H14FNO. The molecule has 80 valence electrons. The van der Waals surface area contributed by atoms with E-state index in [1.54, 1.807) is 6.07 Å². The first kappa shape index (κ1) is 10.2. The van der Waals surface area contributed by atoms with Gasteiger partial charge in [-0.15, -0.1) is 0 Å². The first-order chi connectivity index (χ1) is 7.13. The number of nitrogens with zero attached hydrogens (tertiary/aromatic N) is 1.